The second-order valence-corrected chi connectivity index (χ2v) is 10.8. The summed E-state index contributed by atoms with van der Waals surface area (Å²) in [6, 6.07) is 10.8. The van der Waals surface area contributed by atoms with Gasteiger partial charge in [0.05, 0.1) is 41.8 Å². The molecule has 0 fully saturated rings. The molecule has 0 atom stereocenters. The summed E-state index contributed by atoms with van der Waals surface area (Å²) in [7, 11) is -8.84. The Morgan fingerprint density at radius 3 is 2.31 bits per heavy atom. The zero-order chi connectivity index (χ0) is 27.3. The van der Waals surface area contributed by atoms with Crippen LogP contribution >= 0.6 is 12.3 Å². The molecule has 0 aliphatic carbocycles. The molecule has 0 heterocycles. The Labute approximate surface area is 275 Å². The topological polar surface area (TPSA) is 184 Å². The average Bonchev–Trinajstić information content (AvgIpc) is 2.84. The summed E-state index contributed by atoms with van der Waals surface area (Å²) in [5.74, 6) is -0.679. The molecule has 2 aromatic carbocycles. The van der Waals surface area contributed by atoms with Crippen molar-refractivity contribution in [3.63, 3.8) is 0 Å². The van der Waals surface area contributed by atoms with E-state index >= 15 is 0 Å². The van der Waals surface area contributed by atoms with Gasteiger partial charge in [0.25, 0.3) is 0 Å². The van der Waals surface area contributed by atoms with Crippen LogP contribution in [0.2, 0.25) is 0 Å². The third kappa shape index (κ3) is 14.7. The number of azo groups is 1. The third-order valence-corrected chi connectivity index (χ3v) is 7.15. The predicted octanol–water partition coefficient (Wildman–Crippen LogP) is -3.80. The SMILES string of the molecule is [C-]#[N+]CCN(CCOSOO[O-])c1ccc(N=Nc2ccc(S(=O)(=O)CCOS(=O)(=O)[O-])cc2)c(C)c1.[Na+].[Na+]. The van der Waals surface area contributed by atoms with Gasteiger partial charge in [-0.15, -0.1) is 4.33 Å². The molecule has 0 amide bonds. The largest absolute Gasteiger partial charge is 1.00 e. The minimum atomic E-state index is -4.97. The van der Waals surface area contributed by atoms with Crippen LogP contribution in [0.5, 0.6) is 0 Å². The predicted molar refractivity (Wildman–Crippen MR) is 129 cm³/mol. The van der Waals surface area contributed by atoms with Crippen molar-refractivity contribution in [3.8, 4) is 0 Å². The average molecular weight is 621 g/mol. The van der Waals surface area contributed by atoms with E-state index in [-0.39, 0.29) is 77.2 Å². The number of hydrogen-bond acceptors (Lipinski definition) is 14. The Hall–Kier alpha value is -0.660. The Kier molecular flexibility index (Phi) is 19.1. The van der Waals surface area contributed by atoms with Gasteiger partial charge < -0.3 is 19.6 Å². The fourth-order valence-electron chi connectivity index (χ4n) is 2.90. The summed E-state index contributed by atoms with van der Waals surface area (Å²) in [6.45, 7) is 9.41. The van der Waals surface area contributed by atoms with E-state index in [0.717, 1.165) is 11.3 Å². The van der Waals surface area contributed by atoms with E-state index in [2.05, 4.69) is 28.6 Å². The van der Waals surface area contributed by atoms with Crippen LogP contribution in [0.15, 0.2) is 57.6 Å². The summed E-state index contributed by atoms with van der Waals surface area (Å²) in [5, 5.41) is 21.3. The molecule has 202 valence electrons. The van der Waals surface area contributed by atoms with Crippen molar-refractivity contribution in [2.75, 3.05) is 43.5 Å². The maximum atomic E-state index is 12.2. The molecule has 0 spiro atoms. The molecule has 0 saturated heterocycles. The fourth-order valence-corrected chi connectivity index (χ4v) is 4.58. The molecule has 0 aliphatic heterocycles. The molecule has 2 aromatic rings. The number of benzene rings is 2. The van der Waals surface area contributed by atoms with Crippen LogP contribution in [0.4, 0.5) is 17.1 Å². The van der Waals surface area contributed by atoms with Crippen LogP contribution < -0.4 is 69.3 Å². The molecule has 0 bridgehead atoms. The van der Waals surface area contributed by atoms with Crippen molar-refractivity contribution in [2.45, 2.75) is 11.8 Å². The van der Waals surface area contributed by atoms with Gasteiger partial charge in [0.15, 0.2) is 22.2 Å². The minimum absolute atomic E-state index is 0. The van der Waals surface area contributed by atoms with Crippen molar-refractivity contribution in [1.29, 1.82) is 0 Å². The molecule has 19 heteroatoms. The second kappa shape index (κ2) is 19.5. The van der Waals surface area contributed by atoms with Crippen LogP contribution in [-0.4, -0.2) is 60.0 Å². The third-order valence-electron chi connectivity index (χ3n) is 4.62. The maximum absolute atomic E-state index is 12.2. The van der Waals surface area contributed by atoms with Gasteiger partial charge in [-0.05, 0) is 55.0 Å². The second-order valence-electron chi connectivity index (χ2n) is 7.11. The van der Waals surface area contributed by atoms with E-state index < -0.39 is 32.6 Å². The van der Waals surface area contributed by atoms with Crippen molar-refractivity contribution in [2.24, 2.45) is 10.2 Å². The quantitative estimate of drug-likeness (QED) is 0.0206. The molecule has 0 unspecified atom stereocenters. The Morgan fingerprint density at radius 1 is 1.03 bits per heavy atom. The van der Waals surface area contributed by atoms with Crippen LogP contribution in [-0.2, 0) is 38.0 Å². The zero-order valence-corrected chi connectivity index (χ0v) is 27.8. The molecular weight excluding hydrogens is 598 g/mol. The van der Waals surface area contributed by atoms with Gasteiger partial charge in [-0.2, -0.15) is 10.2 Å². The smallest absolute Gasteiger partial charge is 0.726 e. The Morgan fingerprint density at radius 2 is 1.72 bits per heavy atom. The van der Waals surface area contributed by atoms with Crippen molar-refractivity contribution in [1.82, 2.24) is 0 Å². The fraction of sp³-hybridized carbons (Fsp3) is 0.350. The van der Waals surface area contributed by atoms with Gasteiger partial charge >= 0.3 is 59.1 Å². The molecule has 0 aliphatic rings. The molecule has 39 heavy (non-hydrogen) atoms. The molecule has 14 nitrogen and oxygen atoms in total. The number of rotatable bonds is 16. The summed E-state index contributed by atoms with van der Waals surface area (Å²) >= 11 is 0.409. The Balaban J connectivity index is 0.00000722. The van der Waals surface area contributed by atoms with Crippen molar-refractivity contribution < 1.29 is 103 Å². The van der Waals surface area contributed by atoms with Gasteiger partial charge in [0.1, 0.15) is 0 Å². The summed E-state index contributed by atoms with van der Waals surface area (Å²) in [4.78, 5) is 5.20. The van der Waals surface area contributed by atoms with Crippen LogP contribution in [0.25, 0.3) is 4.85 Å². The van der Waals surface area contributed by atoms with Crippen LogP contribution in [0.3, 0.4) is 0 Å². The Bertz CT molecular complexity index is 1310. The van der Waals surface area contributed by atoms with Crippen LogP contribution in [0.1, 0.15) is 5.56 Å². The van der Waals surface area contributed by atoms with E-state index in [1.165, 1.54) is 24.3 Å². The van der Waals surface area contributed by atoms with Gasteiger partial charge in [0.2, 0.25) is 16.9 Å². The first-order chi connectivity index (χ1) is 17.6. The maximum Gasteiger partial charge on any atom is 1.00 e. The van der Waals surface area contributed by atoms with Gasteiger partial charge in [-0.3, -0.25) is 13.4 Å². The van der Waals surface area contributed by atoms with Gasteiger partial charge in [-0.25, -0.2) is 23.4 Å². The summed E-state index contributed by atoms with van der Waals surface area (Å²) in [6.07, 6.45) is 0. The molecule has 0 N–H and O–H groups in total. The molecule has 0 aromatic heterocycles. The van der Waals surface area contributed by atoms with E-state index in [1.54, 1.807) is 12.1 Å². The first-order valence-electron chi connectivity index (χ1n) is 10.3. The van der Waals surface area contributed by atoms with E-state index in [0.29, 0.717) is 36.8 Å². The monoisotopic (exact) mass is 620 g/mol. The molecule has 0 radical (unpaired) electrons. The first-order valence-corrected chi connectivity index (χ1v) is 14.0. The number of sulfone groups is 1. The van der Waals surface area contributed by atoms with Gasteiger partial charge in [0, 0.05) is 12.2 Å². The zero-order valence-electron chi connectivity index (χ0n) is 21.4. The minimum Gasteiger partial charge on any atom is -0.726 e. The summed E-state index contributed by atoms with van der Waals surface area (Å²) < 4.78 is 68.8. The van der Waals surface area contributed by atoms with Crippen molar-refractivity contribution in [3.05, 3.63) is 59.4 Å². The normalized spacial score (nSPS) is 11.4. The molecular formula is C20H22N4Na2O10S3. The number of aryl methyl sites for hydroxylation is 1. The number of nitrogens with zero attached hydrogens (tertiary/aromatic N) is 4. The van der Waals surface area contributed by atoms with Gasteiger partial charge in [-0.1, -0.05) is 0 Å². The standard InChI is InChI=1S/C20H24N4O10S3.2Na/c1-16-15-18(24(10-9-21-2)11-12-31-35-34-33-25)5-8-20(16)23-22-17-3-6-19(7-4-17)36(26,27)14-13-32-37(28,29)30;;/h3-8,15,25H,9-14H2,1H3,(H,28,29,30);;/q;2*+1/p-2. The van der Waals surface area contributed by atoms with Crippen LogP contribution in [0, 0.1) is 13.5 Å². The van der Waals surface area contributed by atoms with E-state index in [1.807, 2.05) is 17.9 Å². The molecule has 0 saturated carbocycles. The van der Waals surface area contributed by atoms with E-state index in [9.17, 15) is 26.6 Å². The molecule has 2 rings (SSSR count). The van der Waals surface area contributed by atoms with Crippen molar-refractivity contribution >= 4 is 49.6 Å². The summed E-state index contributed by atoms with van der Waals surface area (Å²) in [5.41, 5.74) is 2.55. The van der Waals surface area contributed by atoms with E-state index in [4.69, 9.17) is 10.8 Å². The number of hydrogen-bond donors (Lipinski definition) is 0. The number of anilines is 1. The first kappa shape index (κ1) is 38.3.